The van der Waals surface area contributed by atoms with Crippen LogP contribution in [0.2, 0.25) is 0 Å². The standard InChI is InChI=1S/C11H17NO9/c1-4(14)12-7-5(15)2-11(20,10(18)19)21-9(7)8(17)6(16)3-13/h6-9,13,16-17,20H,2-3H2,1H3,(H,12,14)(H,18,19)/t6-,7-,8-,9-,11?/m1/s1. The molecule has 0 saturated carbocycles. The molecule has 0 aromatic rings. The average molecular weight is 307 g/mol. The molecule has 1 aliphatic rings. The smallest absolute Gasteiger partial charge is 0.364 e. The van der Waals surface area contributed by atoms with Gasteiger partial charge in [0.1, 0.15) is 24.4 Å². The first-order chi connectivity index (χ1) is 9.62. The van der Waals surface area contributed by atoms with Crippen LogP contribution < -0.4 is 5.32 Å². The Kier molecular flexibility index (Phi) is 5.36. The van der Waals surface area contributed by atoms with Gasteiger partial charge in [-0.1, -0.05) is 0 Å². The van der Waals surface area contributed by atoms with E-state index in [-0.39, 0.29) is 0 Å². The maximum absolute atomic E-state index is 11.9. The zero-order valence-electron chi connectivity index (χ0n) is 11.1. The summed E-state index contributed by atoms with van der Waals surface area (Å²) in [4.78, 5) is 33.9. The fraction of sp³-hybridized carbons (Fsp3) is 0.727. The number of aliphatic hydroxyl groups is 4. The second kappa shape index (κ2) is 6.45. The number of carboxylic acid groups (broad SMARTS) is 1. The van der Waals surface area contributed by atoms with Gasteiger partial charge in [-0.05, 0) is 0 Å². The summed E-state index contributed by atoms with van der Waals surface area (Å²) in [5, 5.41) is 48.8. The Morgan fingerprint density at radius 2 is 2.05 bits per heavy atom. The molecule has 120 valence electrons. The number of amides is 1. The van der Waals surface area contributed by atoms with Crippen molar-refractivity contribution in [3.05, 3.63) is 0 Å². The molecule has 0 aromatic carbocycles. The molecule has 1 fully saturated rings. The lowest BCUT2D eigenvalue weighted by molar-refractivity contribution is -0.271. The topological polar surface area (TPSA) is 174 Å². The van der Waals surface area contributed by atoms with Crippen LogP contribution >= 0.6 is 0 Å². The molecule has 1 unspecified atom stereocenters. The van der Waals surface area contributed by atoms with Crippen LogP contribution in [0.25, 0.3) is 0 Å². The Morgan fingerprint density at radius 3 is 2.48 bits per heavy atom. The number of aliphatic hydroxyl groups excluding tert-OH is 3. The van der Waals surface area contributed by atoms with Gasteiger partial charge in [0.2, 0.25) is 5.91 Å². The second-order valence-corrected chi connectivity index (χ2v) is 4.73. The van der Waals surface area contributed by atoms with E-state index in [0.717, 1.165) is 6.92 Å². The predicted octanol–water partition coefficient (Wildman–Crippen LogP) is -3.66. The molecule has 1 rings (SSSR count). The molecule has 1 amide bonds. The van der Waals surface area contributed by atoms with Crippen molar-refractivity contribution >= 4 is 17.7 Å². The Labute approximate surface area is 119 Å². The van der Waals surface area contributed by atoms with Gasteiger partial charge in [-0.2, -0.15) is 0 Å². The second-order valence-electron chi connectivity index (χ2n) is 4.73. The van der Waals surface area contributed by atoms with E-state index < -0.39 is 60.8 Å². The lowest BCUT2D eigenvalue weighted by Crippen LogP contribution is -2.65. The highest BCUT2D eigenvalue weighted by molar-refractivity contribution is 5.94. The van der Waals surface area contributed by atoms with Gasteiger partial charge in [-0.25, -0.2) is 4.79 Å². The van der Waals surface area contributed by atoms with Crippen LogP contribution in [0.5, 0.6) is 0 Å². The normalized spacial score (nSPS) is 32.3. The molecule has 6 N–H and O–H groups in total. The van der Waals surface area contributed by atoms with Crippen LogP contribution in [0.15, 0.2) is 0 Å². The van der Waals surface area contributed by atoms with Crippen LogP contribution in [0.1, 0.15) is 13.3 Å². The van der Waals surface area contributed by atoms with E-state index in [1.165, 1.54) is 0 Å². The van der Waals surface area contributed by atoms with Crippen molar-refractivity contribution in [2.75, 3.05) is 6.61 Å². The fourth-order valence-electron chi connectivity index (χ4n) is 1.97. The van der Waals surface area contributed by atoms with Gasteiger partial charge in [-0.15, -0.1) is 0 Å². The molecule has 0 radical (unpaired) electrons. The van der Waals surface area contributed by atoms with Gasteiger partial charge in [0.25, 0.3) is 5.79 Å². The van der Waals surface area contributed by atoms with Crippen molar-refractivity contribution in [3.8, 4) is 0 Å². The van der Waals surface area contributed by atoms with Crippen LogP contribution in [0.4, 0.5) is 0 Å². The molecule has 21 heavy (non-hydrogen) atoms. The molecule has 0 spiro atoms. The lowest BCUT2D eigenvalue weighted by Gasteiger charge is -2.41. The summed E-state index contributed by atoms with van der Waals surface area (Å²) in [6, 6.07) is -1.46. The number of carboxylic acids is 1. The Hall–Kier alpha value is -1.59. The number of ketones is 1. The van der Waals surface area contributed by atoms with Crippen molar-refractivity contribution < 1.29 is 44.7 Å². The van der Waals surface area contributed by atoms with Crippen molar-refractivity contribution in [2.45, 2.75) is 43.5 Å². The number of hydrogen-bond donors (Lipinski definition) is 6. The Balaban J connectivity index is 3.10. The molecular weight excluding hydrogens is 290 g/mol. The molecule has 0 aromatic heterocycles. The van der Waals surface area contributed by atoms with E-state index >= 15 is 0 Å². The molecule has 5 atom stereocenters. The molecule has 10 nitrogen and oxygen atoms in total. The van der Waals surface area contributed by atoms with Crippen LogP contribution in [0, 0.1) is 0 Å². The fourth-order valence-corrected chi connectivity index (χ4v) is 1.97. The number of nitrogens with one attached hydrogen (secondary N) is 1. The zero-order valence-corrected chi connectivity index (χ0v) is 11.1. The first-order valence-electron chi connectivity index (χ1n) is 6.02. The van der Waals surface area contributed by atoms with E-state index in [0.29, 0.717) is 0 Å². The number of carbonyl (C=O) groups is 3. The van der Waals surface area contributed by atoms with E-state index in [1.807, 2.05) is 0 Å². The van der Waals surface area contributed by atoms with E-state index in [2.05, 4.69) is 5.32 Å². The van der Waals surface area contributed by atoms with Crippen LogP contribution in [-0.2, 0) is 19.1 Å². The third kappa shape index (κ3) is 3.74. The van der Waals surface area contributed by atoms with Crippen molar-refractivity contribution in [1.29, 1.82) is 0 Å². The maximum atomic E-state index is 11.9. The number of ether oxygens (including phenoxy) is 1. The van der Waals surface area contributed by atoms with Crippen molar-refractivity contribution in [3.63, 3.8) is 0 Å². The van der Waals surface area contributed by atoms with Crippen molar-refractivity contribution in [1.82, 2.24) is 5.32 Å². The number of hydrogen-bond acceptors (Lipinski definition) is 8. The summed E-state index contributed by atoms with van der Waals surface area (Å²) in [7, 11) is 0. The van der Waals surface area contributed by atoms with Gasteiger partial charge >= 0.3 is 5.97 Å². The summed E-state index contributed by atoms with van der Waals surface area (Å²) in [6.45, 7) is 0.185. The minimum absolute atomic E-state index is 0.659. The summed E-state index contributed by atoms with van der Waals surface area (Å²) in [5.74, 6) is -6.29. The predicted molar refractivity (Wildman–Crippen MR) is 63.8 cm³/mol. The van der Waals surface area contributed by atoms with E-state index in [4.69, 9.17) is 14.9 Å². The number of aliphatic carboxylic acids is 1. The van der Waals surface area contributed by atoms with Crippen LogP contribution in [0.3, 0.4) is 0 Å². The molecule has 1 saturated heterocycles. The first-order valence-corrected chi connectivity index (χ1v) is 6.02. The molecule has 1 heterocycles. The highest BCUT2D eigenvalue weighted by Crippen LogP contribution is 2.28. The minimum Gasteiger partial charge on any atom is -0.477 e. The Bertz CT molecular complexity index is 439. The monoisotopic (exact) mass is 307 g/mol. The van der Waals surface area contributed by atoms with E-state index in [9.17, 15) is 29.7 Å². The van der Waals surface area contributed by atoms with Gasteiger partial charge in [0.05, 0.1) is 13.0 Å². The van der Waals surface area contributed by atoms with Crippen molar-refractivity contribution in [2.24, 2.45) is 0 Å². The van der Waals surface area contributed by atoms with Gasteiger partial charge in [0.15, 0.2) is 5.78 Å². The lowest BCUT2D eigenvalue weighted by atomic mass is 9.90. The quantitative estimate of drug-likeness (QED) is 0.299. The first kappa shape index (κ1) is 17.5. The average Bonchev–Trinajstić information content (AvgIpc) is 2.39. The molecule has 0 aliphatic carbocycles. The highest BCUT2D eigenvalue weighted by Gasteiger charge is 2.53. The van der Waals surface area contributed by atoms with Gasteiger partial charge in [0, 0.05) is 6.92 Å². The maximum Gasteiger partial charge on any atom is 0.364 e. The summed E-state index contributed by atoms with van der Waals surface area (Å²) in [5.41, 5.74) is 0. The third-order valence-electron chi connectivity index (χ3n) is 3.03. The number of rotatable bonds is 5. The summed E-state index contributed by atoms with van der Waals surface area (Å²) < 4.78 is 4.80. The third-order valence-corrected chi connectivity index (χ3v) is 3.03. The number of carbonyl (C=O) groups excluding carboxylic acids is 2. The highest BCUT2D eigenvalue weighted by atomic mass is 16.7. The van der Waals surface area contributed by atoms with E-state index in [1.54, 1.807) is 0 Å². The van der Waals surface area contributed by atoms with Gasteiger partial charge in [-0.3, -0.25) is 9.59 Å². The number of Topliss-reactive ketones (excluding diaryl/α,β-unsaturated/α-hetero) is 1. The molecular formula is C11H17NO9. The Morgan fingerprint density at radius 1 is 1.48 bits per heavy atom. The molecule has 10 heteroatoms. The molecule has 1 aliphatic heterocycles. The zero-order chi connectivity index (χ0) is 16.4. The summed E-state index contributed by atoms with van der Waals surface area (Å²) in [6.07, 6.45) is -6.33. The van der Waals surface area contributed by atoms with Crippen LogP contribution in [-0.4, -0.2) is 79.9 Å². The largest absolute Gasteiger partial charge is 0.477 e. The molecule has 0 bridgehead atoms. The SMILES string of the molecule is CC(=O)N[C@@H]1C(=O)CC(O)(C(=O)O)O[C@H]1[C@H](O)[C@H](O)CO. The van der Waals surface area contributed by atoms with Gasteiger partial charge < -0.3 is 35.6 Å². The summed E-state index contributed by atoms with van der Waals surface area (Å²) >= 11 is 0. The minimum atomic E-state index is -2.88.